The molecule has 0 aromatic carbocycles. The van der Waals surface area contributed by atoms with Crippen LogP contribution in [-0.2, 0) is 0 Å². The van der Waals surface area contributed by atoms with Gasteiger partial charge in [0.25, 0.3) is 0 Å². The normalized spacial score (nSPS) is 21.2. The highest BCUT2D eigenvalue weighted by molar-refractivity contribution is 5.33. The maximum Gasteiger partial charge on any atom is 0.0626 e. The molecule has 0 aliphatic carbocycles. The van der Waals surface area contributed by atoms with Crippen LogP contribution >= 0.6 is 0 Å². The van der Waals surface area contributed by atoms with Crippen molar-refractivity contribution in [3.8, 4) is 0 Å². The van der Waals surface area contributed by atoms with E-state index in [9.17, 15) is 0 Å². The molecule has 0 saturated carbocycles. The molecule has 0 radical (unpaired) electrons. The molecule has 2 heterocycles. The van der Waals surface area contributed by atoms with Crippen LogP contribution in [0.5, 0.6) is 0 Å². The topological polar surface area (TPSA) is 9.72 Å². The maximum absolute atomic E-state index is 4.44. The minimum Gasteiger partial charge on any atom is -0.370 e. The molecule has 0 amide bonds. The van der Waals surface area contributed by atoms with Gasteiger partial charge in [-0.1, -0.05) is 19.6 Å². The van der Waals surface area contributed by atoms with E-state index < -0.39 is 0 Å². The molecule has 0 spiro atoms. The summed E-state index contributed by atoms with van der Waals surface area (Å²) in [6.07, 6.45) is 9.20. The summed E-state index contributed by atoms with van der Waals surface area (Å²) in [5, 5.41) is 0. The molecule has 1 fully saturated rings. The Kier molecular flexibility index (Phi) is 5.51. The highest BCUT2D eigenvalue weighted by Crippen LogP contribution is 2.28. The van der Waals surface area contributed by atoms with Crippen molar-refractivity contribution in [2.45, 2.75) is 45.6 Å². The number of allylic oxidation sites excluding steroid dienone is 1. The summed E-state index contributed by atoms with van der Waals surface area (Å²) in [4.78, 5) is 7.23. The Morgan fingerprint density at radius 3 is 2.38 bits per heavy atom. The summed E-state index contributed by atoms with van der Waals surface area (Å²) in [5.41, 5.74) is 4.02. The van der Waals surface area contributed by atoms with E-state index >= 15 is 0 Å². The number of rotatable bonds is 5. The molecule has 0 unspecified atom stereocenters. The van der Waals surface area contributed by atoms with Crippen molar-refractivity contribution in [1.82, 2.24) is 14.7 Å². The Morgan fingerprint density at radius 2 is 1.90 bits per heavy atom. The molecule has 0 N–H and O–H groups in total. The fraction of sp³-hybridized carbons (Fsp3) is 0.667. The van der Waals surface area contributed by atoms with Gasteiger partial charge < -0.3 is 14.7 Å². The zero-order valence-electron chi connectivity index (χ0n) is 14.2. The fourth-order valence-electron chi connectivity index (χ4n) is 3.30. The van der Waals surface area contributed by atoms with E-state index in [0.29, 0.717) is 0 Å². The molecule has 3 heteroatoms. The molecule has 0 bridgehead atoms. The number of nitrogens with zero attached hydrogens (tertiary/aromatic N) is 3. The van der Waals surface area contributed by atoms with Gasteiger partial charge in [-0.2, -0.15) is 0 Å². The average Bonchev–Trinajstić information content (AvgIpc) is 3.01. The van der Waals surface area contributed by atoms with Gasteiger partial charge >= 0.3 is 0 Å². The molecule has 118 valence electrons. The van der Waals surface area contributed by atoms with Crippen LogP contribution in [0.15, 0.2) is 35.8 Å². The van der Waals surface area contributed by atoms with Crippen molar-refractivity contribution in [3.05, 3.63) is 35.8 Å². The molecule has 21 heavy (non-hydrogen) atoms. The number of hydrogen-bond acceptors (Lipinski definition) is 3. The van der Waals surface area contributed by atoms with Gasteiger partial charge in [-0.15, -0.1) is 0 Å². The van der Waals surface area contributed by atoms with E-state index in [1.807, 2.05) is 0 Å². The van der Waals surface area contributed by atoms with E-state index in [1.165, 1.54) is 29.8 Å². The van der Waals surface area contributed by atoms with E-state index in [4.69, 9.17) is 0 Å². The third-order valence-electron chi connectivity index (χ3n) is 4.89. The third-order valence-corrected chi connectivity index (χ3v) is 4.89. The van der Waals surface area contributed by atoms with Crippen molar-refractivity contribution < 1.29 is 0 Å². The van der Waals surface area contributed by atoms with Crippen LogP contribution in [0, 0.1) is 0 Å². The van der Waals surface area contributed by atoms with Gasteiger partial charge in [0.1, 0.15) is 0 Å². The van der Waals surface area contributed by atoms with Crippen molar-refractivity contribution in [3.63, 3.8) is 0 Å². The first-order valence-corrected chi connectivity index (χ1v) is 8.28. The van der Waals surface area contributed by atoms with Crippen LogP contribution in [0.3, 0.4) is 0 Å². The SMILES string of the molecule is C=C(/C(=C(\C)CC)N1C=CCC1)N1CCC(N(C)C)CC1. The Balaban J connectivity index is 2.08. The monoisotopic (exact) mass is 289 g/mol. The Labute approximate surface area is 130 Å². The summed E-state index contributed by atoms with van der Waals surface area (Å²) in [6, 6.07) is 0.723. The minimum absolute atomic E-state index is 0.723. The van der Waals surface area contributed by atoms with E-state index in [2.05, 4.69) is 61.5 Å². The Bertz CT molecular complexity index is 426. The average molecular weight is 289 g/mol. The van der Waals surface area contributed by atoms with Crippen LogP contribution in [0.25, 0.3) is 0 Å². The lowest BCUT2D eigenvalue weighted by Gasteiger charge is -2.39. The lowest BCUT2D eigenvalue weighted by Crippen LogP contribution is -2.42. The van der Waals surface area contributed by atoms with Gasteiger partial charge in [-0.3, -0.25) is 0 Å². The predicted octanol–water partition coefficient (Wildman–Crippen LogP) is 3.43. The summed E-state index contributed by atoms with van der Waals surface area (Å²) in [7, 11) is 4.38. The van der Waals surface area contributed by atoms with Crippen LogP contribution in [-0.4, -0.2) is 54.5 Å². The van der Waals surface area contributed by atoms with Crippen molar-refractivity contribution in [2.75, 3.05) is 33.7 Å². The van der Waals surface area contributed by atoms with Crippen LogP contribution in [0.4, 0.5) is 0 Å². The van der Waals surface area contributed by atoms with Crippen molar-refractivity contribution >= 4 is 0 Å². The van der Waals surface area contributed by atoms with E-state index in [0.717, 1.165) is 38.5 Å². The zero-order chi connectivity index (χ0) is 15.4. The van der Waals surface area contributed by atoms with Crippen molar-refractivity contribution in [1.29, 1.82) is 0 Å². The molecule has 2 rings (SSSR count). The lowest BCUT2D eigenvalue weighted by molar-refractivity contribution is 0.169. The Morgan fingerprint density at radius 1 is 1.24 bits per heavy atom. The summed E-state index contributed by atoms with van der Waals surface area (Å²) >= 11 is 0. The number of hydrogen-bond donors (Lipinski definition) is 0. The van der Waals surface area contributed by atoms with Gasteiger partial charge in [0.15, 0.2) is 0 Å². The summed E-state index contributed by atoms with van der Waals surface area (Å²) in [6.45, 7) is 12.3. The van der Waals surface area contributed by atoms with Crippen LogP contribution in [0.2, 0.25) is 0 Å². The van der Waals surface area contributed by atoms with Gasteiger partial charge in [0.2, 0.25) is 0 Å². The number of piperidine rings is 1. The molecule has 3 nitrogen and oxygen atoms in total. The van der Waals surface area contributed by atoms with Crippen LogP contribution < -0.4 is 0 Å². The van der Waals surface area contributed by atoms with Crippen molar-refractivity contribution in [2.24, 2.45) is 0 Å². The maximum atomic E-state index is 4.44. The molecule has 2 aliphatic rings. The minimum atomic E-state index is 0.723. The van der Waals surface area contributed by atoms with E-state index in [-0.39, 0.29) is 0 Å². The van der Waals surface area contributed by atoms with Gasteiger partial charge in [-0.05, 0) is 52.3 Å². The second-order valence-corrected chi connectivity index (χ2v) is 6.48. The molecule has 0 aromatic rings. The first-order valence-electron chi connectivity index (χ1n) is 8.28. The summed E-state index contributed by atoms with van der Waals surface area (Å²) in [5.74, 6) is 0. The second-order valence-electron chi connectivity index (χ2n) is 6.48. The standard InChI is InChI=1S/C18H31N3/c1-6-15(2)18(21-11-7-8-12-21)16(3)20-13-9-17(10-14-20)19(4)5/h7,11,17H,3,6,8-10,12-14H2,1-2,4-5H3/b18-15-. The van der Waals surface area contributed by atoms with Crippen LogP contribution in [0.1, 0.15) is 39.5 Å². The first-order chi connectivity index (χ1) is 10.0. The highest BCUT2D eigenvalue weighted by atomic mass is 15.2. The van der Waals surface area contributed by atoms with E-state index in [1.54, 1.807) is 0 Å². The molecule has 2 aliphatic heterocycles. The predicted molar refractivity (Wildman–Crippen MR) is 90.9 cm³/mol. The molecule has 0 atom stereocenters. The highest BCUT2D eigenvalue weighted by Gasteiger charge is 2.25. The first kappa shape index (κ1) is 16.2. The quantitative estimate of drug-likeness (QED) is 0.718. The molecule has 0 aromatic heterocycles. The largest absolute Gasteiger partial charge is 0.370 e. The molecular weight excluding hydrogens is 258 g/mol. The fourth-order valence-corrected chi connectivity index (χ4v) is 3.30. The number of likely N-dealkylation sites (tertiary alicyclic amines) is 1. The third kappa shape index (κ3) is 3.70. The Hall–Kier alpha value is -1.22. The smallest absolute Gasteiger partial charge is 0.0626 e. The summed E-state index contributed by atoms with van der Waals surface area (Å²) < 4.78 is 0. The van der Waals surface area contributed by atoms with Gasteiger partial charge in [-0.25, -0.2) is 0 Å². The molecule has 1 saturated heterocycles. The lowest BCUT2D eigenvalue weighted by atomic mass is 10.0. The molecular formula is C18H31N3. The van der Waals surface area contributed by atoms with Gasteiger partial charge in [0.05, 0.1) is 11.4 Å². The van der Waals surface area contributed by atoms with Gasteiger partial charge in [0, 0.05) is 31.9 Å². The second kappa shape index (κ2) is 7.17. The zero-order valence-corrected chi connectivity index (χ0v) is 14.2.